The number of nitrogens with one attached hydrogen (secondary N) is 1. The Bertz CT molecular complexity index is 516. The highest BCUT2D eigenvalue weighted by molar-refractivity contribution is 9.10. The zero-order valence-electron chi connectivity index (χ0n) is 11.7. The van der Waals surface area contributed by atoms with Crippen LogP contribution in [-0.4, -0.2) is 11.1 Å². The molecule has 0 amide bonds. The van der Waals surface area contributed by atoms with E-state index in [4.69, 9.17) is 0 Å². The Labute approximate surface area is 128 Å². The van der Waals surface area contributed by atoms with E-state index in [1.807, 2.05) is 0 Å². The second-order valence-electron chi connectivity index (χ2n) is 5.09. The van der Waals surface area contributed by atoms with Crippen LogP contribution in [0, 0.1) is 5.92 Å². The van der Waals surface area contributed by atoms with Crippen molar-refractivity contribution in [2.45, 2.75) is 33.4 Å². The van der Waals surface area contributed by atoms with Crippen molar-refractivity contribution in [1.82, 2.24) is 9.88 Å². The number of rotatable bonds is 6. The molecule has 0 saturated heterocycles. The Morgan fingerprint density at radius 2 is 2.16 bits per heavy atom. The Kier molecular flexibility index (Phi) is 5.25. The van der Waals surface area contributed by atoms with Crippen molar-refractivity contribution in [3.05, 3.63) is 44.8 Å². The van der Waals surface area contributed by atoms with Gasteiger partial charge in [0.05, 0.1) is 6.54 Å². The van der Waals surface area contributed by atoms with E-state index in [-0.39, 0.29) is 0 Å². The lowest BCUT2D eigenvalue weighted by molar-refractivity contribution is 0.421. The lowest BCUT2D eigenvalue weighted by atomic mass is 9.98. The SMILES string of the molecule is CCNC(c1ccn(Cc2sccc2Br)c1)C(C)C. The van der Waals surface area contributed by atoms with E-state index >= 15 is 0 Å². The fraction of sp³-hybridized carbons (Fsp3) is 0.467. The number of hydrogen-bond donors (Lipinski definition) is 1. The molecule has 0 radical (unpaired) electrons. The number of halogens is 1. The van der Waals surface area contributed by atoms with Crippen LogP contribution in [0.15, 0.2) is 34.4 Å². The molecule has 2 aromatic rings. The van der Waals surface area contributed by atoms with Crippen molar-refractivity contribution in [3.8, 4) is 0 Å². The summed E-state index contributed by atoms with van der Waals surface area (Å²) in [6, 6.07) is 4.78. The maximum absolute atomic E-state index is 3.59. The van der Waals surface area contributed by atoms with E-state index in [0.717, 1.165) is 13.1 Å². The van der Waals surface area contributed by atoms with E-state index < -0.39 is 0 Å². The second kappa shape index (κ2) is 6.73. The zero-order chi connectivity index (χ0) is 13.8. The van der Waals surface area contributed by atoms with Gasteiger partial charge in [0.1, 0.15) is 0 Å². The highest BCUT2D eigenvalue weighted by Gasteiger charge is 2.15. The summed E-state index contributed by atoms with van der Waals surface area (Å²) < 4.78 is 3.47. The molecule has 0 bridgehead atoms. The third kappa shape index (κ3) is 3.71. The fourth-order valence-corrected chi connectivity index (χ4v) is 3.79. The molecule has 1 atom stereocenters. The van der Waals surface area contributed by atoms with Gasteiger partial charge in [0.15, 0.2) is 0 Å². The van der Waals surface area contributed by atoms with Crippen LogP contribution in [0.3, 0.4) is 0 Å². The molecule has 0 spiro atoms. The zero-order valence-corrected chi connectivity index (χ0v) is 14.1. The molecule has 0 saturated carbocycles. The Morgan fingerprint density at radius 3 is 2.74 bits per heavy atom. The summed E-state index contributed by atoms with van der Waals surface area (Å²) in [7, 11) is 0. The van der Waals surface area contributed by atoms with Crippen molar-refractivity contribution in [1.29, 1.82) is 0 Å². The molecular weight excluding hydrogens is 320 g/mol. The van der Waals surface area contributed by atoms with Gasteiger partial charge in [-0.1, -0.05) is 20.8 Å². The third-order valence-corrected chi connectivity index (χ3v) is 5.15. The molecule has 19 heavy (non-hydrogen) atoms. The molecule has 0 aliphatic rings. The Balaban J connectivity index is 2.12. The van der Waals surface area contributed by atoms with E-state index in [0.29, 0.717) is 12.0 Å². The first-order chi connectivity index (χ1) is 9.11. The molecule has 2 aromatic heterocycles. The monoisotopic (exact) mass is 340 g/mol. The highest BCUT2D eigenvalue weighted by Crippen LogP contribution is 2.26. The normalized spacial score (nSPS) is 13.1. The summed E-state index contributed by atoms with van der Waals surface area (Å²) in [6.07, 6.45) is 4.44. The van der Waals surface area contributed by atoms with Crippen LogP contribution in [0.5, 0.6) is 0 Å². The van der Waals surface area contributed by atoms with Gasteiger partial charge in [0.25, 0.3) is 0 Å². The van der Waals surface area contributed by atoms with Crippen molar-refractivity contribution in [2.24, 2.45) is 5.92 Å². The van der Waals surface area contributed by atoms with Crippen LogP contribution in [-0.2, 0) is 6.54 Å². The van der Waals surface area contributed by atoms with Crippen LogP contribution in [0.4, 0.5) is 0 Å². The maximum Gasteiger partial charge on any atom is 0.0574 e. The Hall–Kier alpha value is -0.580. The van der Waals surface area contributed by atoms with Gasteiger partial charge in [0.2, 0.25) is 0 Å². The van der Waals surface area contributed by atoms with Crippen LogP contribution >= 0.6 is 27.3 Å². The van der Waals surface area contributed by atoms with Crippen LogP contribution in [0.2, 0.25) is 0 Å². The molecule has 2 nitrogen and oxygen atoms in total. The molecule has 1 N–H and O–H groups in total. The predicted molar refractivity (Wildman–Crippen MR) is 86.8 cm³/mol. The first-order valence-corrected chi connectivity index (χ1v) is 8.40. The lowest BCUT2D eigenvalue weighted by Crippen LogP contribution is -2.25. The predicted octanol–water partition coefficient (Wildman–Crippen LogP) is 4.67. The van der Waals surface area contributed by atoms with Gasteiger partial charge in [-0.2, -0.15) is 0 Å². The smallest absolute Gasteiger partial charge is 0.0574 e. The molecular formula is C15H21BrN2S. The average Bonchev–Trinajstić information content (AvgIpc) is 2.97. The van der Waals surface area contributed by atoms with E-state index in [9.17, 15) is 0 Å². The topological polar surface area (TPSA) is 17.0 Å². The summed E-state index contributed by atoms with van der Waals surface area (Å²) in [6.45, 7) is 8.63. The molecule has 0 aliphatic carbocycles. The number of nitrogens with zero attached hydrogens (tertiary/aromatic N) is 1. The molecule has 2 rings (SSSR count). The molecule has 104 valence electrons. The molecule has 4 heteroatoms. The lowest BCUT2D eigenvalue weighted by Gasteiger charge is -2.20. The molecule has 0 aliphatic heterocycles. The molecule has 0 aromatic carbocycles. The fourth-order valence-electron chi connectivity index (χ4n) is 2.30. The number of thiophene rings is 1. The van der Waals surface area contributed by atoms with Crippen LogP contribution < -0.4 is 5.32 Å². The third-order valence-electron chi connectivity index (χ3n) is 3.24. The van der Waals surface area contributed by atoms with Gasteiger partial charge in [-0.3, -0.25) is 0 Å². The van der Waals surface area contributed by atoms with Crippen molar-refractivity contribution in [2.75, 3.05) is 6.54 Å². The molecule has 1 unspecified atom stereocenters. The van der Waals surface area contributed by atoms with Crippen LogP contribution in [0.1, 0.15) is 37.3 Å². The van der Waals surface area contributed by atoms with E-state index in [1.54, 1.807) is 11.3 Å². The molecule has 0 fully saturated rings. The van der Waals surface area contributed by atoms with Gasteiger partial charge in [-0.25, -0.2) is 0 Å². The first-order valence-electron chi connectivity index (χ1n) is 6.72. The summed E-state index contributed by atoms with van der Waals surface area (Å²) in [5.74, 6) is 0.601. The maximum atomic E-state index is 3.59. The van der Waals surface area contributed by atoms with E-state index in [2.05, 4.69) is 76.5 Å². The first kappa shape index (κ1) is 14.8. The van der Waals surface area contributed by atoms with Gasteiger partial charge in [0, 0.05) is 27.8 Å². The minimum Gasteiger partial charge on any atom is -0.349 e. The Morgan fingerprint density at radius 1 is 1.37 bits per heavy atom. The van der Waals surface area contributed by atoms with Crippen molar-refractivity contribution >= 4 is 27.3 Å². The minimum atomic E-state index is 0.443. The van der Waals surface area contributed by atoms with Gasteiger partial charge >= 0.3 is 0 Å². The van der Waals surface area contributed by atoms with E-state index in [1.165, 1.54) is 14.9 Å². The summed E-state index contributed by atoms with van der Waals surface area (Å²) in [5, 5.41) is 5.69. The quantitative estimate of drug-likeness (QED) is 0.808. The number of aromatic nitrogens is 1. The average molecular weight is 341 g/mol. The standard InChI is InChI=1S/C15H21BrN2S/c1-4-17-15(11(2)3)12-5-7-18(9-12)10-14-13(16)6-8-19-14/h5-9,11,15,17H,4,10H2,1-3H3. The van der Waals surface area contributed by atoms with Crippen LogP contribution in [0.25, 0.3) is 0 Å². The van der Waals surface area contributed by atoms with Gasteiger partial charge in [-0.15, -0.1) is 11.3 Å². The minimum absolute atomic E-state index is 0.443. The largest absolute Gasteiger partial charge is 0.349 e. The summed E-state index contributed by atoms with van der Waals surface area (Å²) in [5.41, 5.74) is 1.38. The summed E-state index contributed by atoms with van der Waals surface area (Å²) in [4.78, 5) is 1.37. The number of hydrogen-bond acceptors (Lipinski definition) is 2. The highest BCUT2D eigenvalue weighted by atomic mass is 79.9. The summed E-state index contributed by atoms with van der Waals surface area (Å²) >= 11 is 5.39. The van der Waals surface area contributed by atoms with Gasteiger partial charge in [-0.05, 0) is 51.5 Å². The van der Waals surface area contributed by atoms with Crippen molar-refractivity contribution < 1.29 is 0 Å². The second-order valence-corrected chi connectivity index (χ2v) is 6.94. The molecule has 2 heterocycles. The van der Waals surface area contributed by atoms with Crippen molar-refractivity contribution in [3.63, 3.8) is 0 Å². The van der Waals surface area contributed by atoms with Gasteiger partial charge < -0.3 is 9.88 Å².